The maximum Gasteiger partial charge on any atom is 0.161 e. The number of fused-ring (bicyclic) bond motifs is 1. The van der Waals surface area contributed by atoms with Gasteiger partial charge in [0.2, 0.25) is 0 Å². The quantitative estimate of drug-likeness (QED) is 0.544. The van der Waals surface area contributed by atoms with Gasteiger partial charge in [0.25, 0.3) is 0 Å². The van der Waals surface area contributed by atoms with Crippen LogP contribution in [0.15, 0.2) is 60.6 Å². The number of hydrogen-bond acceptors (Lipinski definition) is 7. The molecule has 2 aliphatic heterocycles. The second-order valence-corrected chi connectivity index (χ2v) is 8.20. The molecular weight excluding hydrogens is 388 g/mol. The summed E-state index contributed by atoms with van der Waals surface area (Å²) in [5.41, 5.74) is 0.994. The zero-order chi connectivity index (χ0) is 20.6. The van der Waals surface area contributed by atoms with Gasteiger partial charge < -0.3 is 23.8 Å². The third kappa shape index (κ3) is 5.71. The fourth-order valence-electron chi connectivity index (χ4n) is 3.36. The molecule has 1 fully saturated rings. The number of amidine groups is 1. The minimum atomic E-state index is -0.309. The predicted octanol–water partition coefficient (Wildman–Crippen LogP) is 3.10. The molecule has 1 aromatic carbocycles. The van der Waals surface area contributed by atoms with Crippen LogP contribution in [0.5, 0.6) is 0 Å². The van der Waals surface area contributed by atoms with Crippen LogP contribution in [0.1, 0.15) is 5.56 Å². The van der Waals surface area contributed by atoms with E-state index in [-0.39, 0.29) is 29.8 Å². The Hall–Kier alpha value is -1.64. The van der Waals surface area contributed by atoms with Crippen LogP contribution in [0.4, 0.5) is 0 Å². The Bertz CT molecular complexity index is 697. The molecule has 158 valence electrons. The summed E-state index contributed by atoms with van der Waals surface area (Å²) in [5, 5.41) is 0.931. The van der Waals surface area contributed by atoms with Crippen molar-refractivity contribution in [3.05, 3.63) is 61.2 Å². The fourth-order valence-corrected chi connectivity index (χ4v) is 4.52. The van der Waals surface area contributed by atoms with Gasteiger partial charge in [0.1, 0.15) is 29.8 Å². The number of aliphatic imine (C=N–C) groups is 1. The van der Waals surface area contributed by atoms with Crippen LogP contribution in [0, 0.1) is 0 Å². The van der Waals surface area contributed by atoms with Crippen molar-refractivity contribution in [3.63, 3.8) is 0 Å². The van der Waals surface area contributed by atoms with Crippen LogP contribution in [0.3, 0.4) is 0 Å². The molecule has 2 aliphatic rings. The van der Waals surface area contributed by atoms with Crippen molar-refractivity contribution in [1.29, 1.82) is 0 Å². The van der Waals surface area contributed by atoms with Crippen molar-refractivity contribution in [2.75, 3.05) is 33.9 Å². The lowest BCUT2D eigenvalue weighted by atomic mass is 9.98. The maximum atomic E-state index is 6.38. The van der Waals surface area contributed by atoms with Crippen molar-refractivity contribution >= 4 is 16.9 Å². The number of ether oxygens (including phenoxy) is 4. The highest BCUT2D eigenvalue weighted by Gasteiger charge is 2.50. The van der Waals surface area contributed by atoms with Crippen LogP contribution < -0.4 is 0 Å². The zero-order valence-electron chi connectivity index (χ0n) is 17.1. The van der Waals surface area contributed by atoms with Gasteiger partial charge in [-0.15, -0.1) is 13.2 Å². The molecule has 0 amide bonds. The minimum Gasteiger partial charge on any atom is -0.374 e. The lowest BCUT2D eigenvalue weighted by Gasteiger charge is -2.42. The molecule has 0 radical (unpaired) electrons. The van der Waals surface area contributed by atoms with Crippen molar-refractivity contribution in [2.24, 2.45) is 4.99 Å². The molecule has 1 aromatic rings. The van der Waals surface area contributed by atoms with Crippen LogP contribution in [0.2, 0.25) is 0 Å². The average Bonchev–Trinajstić information content (AvgIpc) is 3.16. The van der Waals surface area contributed by atoms with E-state index in [0.29, 0.717) is 26.4 Å². The number of nitrogens with zero attached hydrogens (tertiary/aromatic N) is 2. The van der Waals surface area contributed by atoms with Crippen molar-refractivity contribution in [2.45, 2.75) is 36.4 Å². The first-order valence-corrected chi connectivity index (χ1v) is 10.7. The summed E-state index contributed by atoms with van der Waals surface area (Å²) in [6, 6.07) is 9.95. The van der Waals surface area contributed by atoms with E-state index in [1.165, 1.54) is 0 Å². The molecular formula is C22H30N2O4S. The van der Waals surface area contributed by atoms with Gasteiger partial charge >= 0.3 is 0 Å². The standard InChI is InChI=1S/C22H30N2O4S/c1-5-12-26-19-17(15-25-14-16-10-8-7-9-11-16)28-21-18(20(19)27-13-6-2)23-22(29-21)24(3)4/h5-11,17-21H,1-2,12-15H2,3-4H3/t17?,18-,19?,20-,21?/m1/s1. The Balaban J connectivity index is 1.73. The summed E-state index contributed by atoms with van der Waals surface area (Å²) in [7, 11) is 3.96. The molecule has 29 heavy (non-hydrogen) atoms. The van der Waals surface area contributed by atoms with Crippen LogP contribution in [0.25, 0.3) is 0 Å². The van der Waals surface area contributed by atoms with Gasteiger partial charge in [0, 0.05) is 14.1 Å². The molecule has 7 heteroatoms. The van der Waals surface area contributed by atoms with E-state index in [4.69, 9.17) is 23.9 Å². The molecule has 6 nitrogen and oxygen atoms in total. The summed E-state index contributed by atoms with van der Waals surface area (Å²) in [5.74, 6) is 0. The van der Waals surface area contributed by atoms with E-state index in [1.807, 2.05) is 49.3 Å². The highest BCUT2D eigenvalue weighted by molar-refractivity contribution is 8.14. The molecule has 3 unspecified atom stereocenters. The molecule has 0 saturated carbocycles. The van der Waals surface area contributed by atoms with Crippen LogP contribution >= 0.6 is 11.8 Å². The van der Waals surface area contributed by atoms with E-state index < -0.39 is 0 Å². The molecule has 0 aromatic heterocycles. The molecule has 0 spiro atoms. The minimum absolute atomic E-state index is 0.129. The first-order chi connectivity index (χ1) is 14.1. The Labute approximate surface area is 177 Å². The van der Waals surface area contributed by atoms with Gasteiger partial charge in [0.15, 0.2) is 5.17 Å². The molecule has 0 bridgehead atoms. The first-order valence-electron chi connectivity index (χ1n) is 9.78. The smallest absolute Gasteiger partial charge is 0.161 e. The Kier molecular flexibility index (Phi) is 8.32. The normalized spacial score (nSPS) is 28.5. The molecule has 0 aliphatic carbocycles. The van der Waals surface area contributed by atoms with E-state index in [9.17, 15) is 0 Å². The number of thioether (sulfide) groups is 1. The Morgan fingerprint density at radius 1 is 1.10 bits per heavy atom. The second kappa shape index (κ2) is 10.9. The number of benzene rings is 1. The first kappa shape index (κ1) is 22.1. The van der Waals surface area contributed by atoms with Gasteiger partial charge in [-0.1, -0.05) is 54.2 Å². The largest absolute Gasteiger partial charge is 0.374 e. The van der Waals surface area contributed by atoms with Crippen LogP contribution in [-0.4, -0.2) is 73.8 Å². The SMILES string of the molecule is C=CCOC1C(COCc2ccccc2)OC2SC(N(C)C)=N[C@@H]2[C@H]1OCC=C. The highest BCUT2D eigenvalue weighted by Crippen LogP contribution is 2.39. The number of hydrogen-bond donors (Lipinski definition) is 0. The lowest BCUT2D eigenvalue weighted by Crippen LogP contribution is -2.58. The summed E-state index contributed by atoms with van der Waals surface area (Å²) in [4.78, 5) is 6.84. The van der Waals surface area contributed by atoms with Gasteiger partial charge in [-0.3, -0.25) is 4.99 Å². The Morgan fingerprint density at radius 3 is 2.45 bits per heavy atom. The van der Waals surface area contributed by atoms with E-state index in [1.54, 1.807) is 23.9 Å². The van der Waals surface area contributed by atoms with Gasteiger partial charge in [-0.2, -0.15) is 0 Å². The van der Waals surface area contributed by atoms with Crippen molar-refractivity contribution in [3.8, 4) is 0 Å². The van der Waals surface area contributed by atoms with Crippen LogP contribution in [-0.2, 0) is 25.6 Å². The summed E-state index contributed by atoms with van der Waals surface area (Å²) in [6.45, 7) is 9.31. The van der Waals surface area contributed by atoms with Gasteiger partial charge in [0.05, 0.1) is 26.4 Å². The van der Waals surface area contributed by atoms with E-state index in [2.05, 4.69) is 13.2 Å². The molecule has 1 saturated heterocycles. The third-order valence-corrected chi connectivity index (χ3v) is 5.99. The molecule has 3 rings (SSSR count). The zero-order valence-corrected chi connectivity index (χ0v) is 17.9. The molecule has 2 heterocycles. The Morgan fingerprint density at radius 2 is 1.79 bits per heavy atom. The molecule has 0 N–H and O–H groups in total. The van der Waals surface area contributed by atoms with Gasteiger partial charge in [-0.25, -0.2) is 0 Å². The van der Waals surface area contributed by atoms with Crippen molar-refractivity contribution < 1.29 is 18.9 Å². The van der Waals surface area contributed by atoms with E-state index in [0.717, 1.165) is 10.7 Å². The van der Waals surface area contributed by atoms with Crippen molar-refractivity contribution in [1.82, 2.24) is 4.90 Å². The van der Waals surface area contributed by atoms with E-state index >= 15 is 0 Å². The monoisotopic (exact) mass is 418 g/mol. The summed E-state index contributed by atoms with van der Waals surface area (Å²) >= 11 is 1.62. The maximum absolute atomic E-state index is 6.38. The topological polar surface area (TPSA) is 52.5 Å². The predicted molar refractivity (Wildman–Crippen MR) is 117 cm³/mol. The second-order valence-electron chi connectivity index (χ2n) is 7.13. The average molecular weight is 419 g/mol. The number of rotatable bonds is 10. The highest BCUT2D eigenvalue weighted by atomic mass is 32.2. The third-order valence-electron chi connectivity index (χ3n) is 4.68. The fraction of sp³-hybridized carbons (Fsp3) is 0.500. The lowest BCUT2D eigenvalue weighted by molar-refractivity contribution is -0.198. The molecule has 5 atom stereocenters. The summed E-state index contributed by atoms with van der Waals surface area (Å²) < 4.78 is 24.6. The van der Waals surface area contributed by atoms with Gasteiger partial charge in [-0.05, 0) is 5.56 Å². The summed E-state index contributed by atoms with van der Waals surface area (Å²) in [6.07, 6.45) is 2.65.